The smallest absolute Gasteiger partial charge is 0.242 e. The number of nitrogens with zero attached hydrogens (tertiary/aromatic N) is 2. The molecule has 6 nitrogen and oxygen atoms in total. The summed E-state index contributed by atoms with van der Waals surface area (Å²) in [6, 6.07) is 3.37. The fourth-order valence-corrected chi connectivity index (χ4v) is 3.64. The van der Waals surface area contributed by atoms with Crippen LogP contribution in [0.3, 0.4) is 0 Å². The van der Waals surface area contributed by atoms with Crippen molar-refractivity contribution >= 4 is 59.6 Å². The summed E-state index contributed by atoms with van der Waals surface area (Å²) < 4.78 is 0.800. The first kappa shape index (κ1) is 25.4. The second-order valence-corrected chi connectivity index (χ2v) is 8.15. The van der Waals surface area contributed by atoms with Gasteiger partial charge in [0.2, 0.25) is 11.8 Å². The average molecular weight is 446 g/mol. The lowest BCUT2D eigenvalue weighted by molar-refractivity contribution is -0.134. The van der Waals surface area contributed by atoms with Gasteiger partial charge in [0, 0.05) is 37.6 Å². The molecular formula is C16H27Cl3N4O2S. The van der Waals surface area contributed by atoms with Crippen LogP contribution in [0.5, 0.6) is 0 Å². The van der Waals surface area contributed by atoms with Gasteiger partial charge in [0.25, 0.3) is 0 Å². The number of nitrogens with one attached hydrogen (secondary N) is 1. The third kappa shape index (κ3) is 7.58. The van der Waals surface area contributed by atoms with E-state index in [1.165, 1.54) is 4.88 Å². The van der Waals surface area contributed by atoms with Crippen LogP contribution in [0, 0.1) is 5.92 Å². The highest BCUT2D eigenvalue weighted by atomic mass is 35.5. The van der Waals surface area contributed by atoms with Crippen LogP contribution >= 0.6 is 47.8 Å². The lowest BCUT2D eigenvalue weighted by Crippen LogP contribution is -2.52. The van der Waals surface area contributed by atoms with Crippen molar-refractivity contribution in [3.8, 4) is 0 Å². The molecule has 0 unspecified atom stereocenters. The molecule has 150 valence electrons. The first-order valence-corrected chi connectivity index (χ1v) is 9.34. The van der Waals surface area contributed by atoms with Gasteiger partial charge in [0.15, 0.2) is 0 Å². The molecule has 2 rings (SSSR count). The molecule has 10 heteroatoms. The van der Waals surface area contributed by atoms with E-state index >= 15 is 0 Å². The Balaban J connectivity index is 0.00000312. The number of nitrogens with two attached hydrogens (primary N) is 1. The molecule has 1 aromatic rings. The Bertz CT molecular complexity index is 578. The minimum atomic E-state index is -0.577. The molecule has 0 saturated carbocycles. The topological polar surface area (TPSA) is 78.7 Å². The summed E-state index contributed by atoms with van der Waals surface area (Å²) in [4.78, 5) is 29.3. The zero-order valence-electron chi connectivity index (χ0n) is 14.9. The Morgan fingerprint density at radius 2 is 1.85 bits per heavy atom. The first-order valence-electron chi connectivity index (χ1n) is 8.14. The molecular weight excluding hydrogens is 419 g/mol. The second kappa shape index (κ2) is 12.0. The standard InChI is InChI=1S/C16H25ClN4O2S.2ClH/c1-11(2)15(18)16(23)19-9-14(22)21-7-5-20(6-8-21)10-12-3-4-13(17)24-12;;/h3-4,11,15H,5-10,18H2,1-2H3,(H,19,23);2*1H/t15-;;/m0../s1. The van der Waals surface area contributed by atoms with Gasteiger partial charge in [-0.15, -0.1) is 36.2 Å². The quantitative estimate of drug-likeness (QED) is 0.702. The fraction of sp³-hybridized carbons (Fsp3) is 0.625. The van der Waals surface area contributed by atoms with Crippen LogP contribution < -0.4 is 11.1 Å². The number of halogens is 3. The maximum absolute atomic E-state index is 12.2. The molecule has 2 amide bonds. The molecule has 3 N–H and O–H groups in total. The van der Waals surface area contributed by atoms with Crippen LogP contribution in [0.4, 0.5) is 0 Å². The van der Waals surface area contributed by atoms with E-state index in [-0.39, 0.29) is 49.1 Å². The van der Waals surface area contributed by atoms with Crippen molar-refractivity contribution in [2.75, 3.05) is 32.7 Å². The molecule has 1 aliphatic heterocycles. The lowest BCUT2D eigenvalue weighted by Gasteiger charge is -2.34. The number of hydrogen-bond donors (Lipinski definition) is 2. The summed E-state index contributed by atoms with van der Waals surface area (Å²) in [6.45, 7) is 7.62. The molecule has 1 atom stereocenters. The normalized spacial score (nSPS) is 15.8. The predicted molar refractivity (Wildman–Crippen MR) is 112 cm³/mol. The molecule has 0 spiro atoms. The van der Waals surface area contributed by atoms with Gasteiger partial charge in [0.1, 0.15) is 0 Å². The van der Waals surface area contributed by atoms with Gasteiger partial charge in [-0.3, -0.25) is 14.5 Å². The van der Waals surface area contributed by atoms with Crippen molar-refractivity contribution < 1.29 is 9.59 Å². The van der Waals surface area contributed by atoms with Crippen molar-refractivity contribution in [2.24, 2.45) is 11.7 Å². The molecule has 26 heavy (non-hydrogen) atoms. The Hall–Kier alpha value is -0.570. The molecule has 0 radical (unpaired) electrons. The summed E-state index contributed by atoms with van der Waals surface area (Å²) in [7, 11) is 0. The highest BCUT2D eigenvalue weighted by molar-refractivity contribution is 7.16. The number of carbonyl (C=O) groups excluding carboxylic acids is 2. The molecule has 1 aromatic heterocycles. The minimum absolute atomic E-state index is 0. The number of piperazine rings is 1. The second-order valence-electron chi connectivity index (χ2n) is 6.35. The third-order valence-corrected chi connectivity index (χ3v) is 5.38. The zero-order chi connectivity index (χ0) is 17.7. The van der Waals surface area contributed by atoms with E-state index in [1.807, 2.05) is 26.0 Å². The van der Waals surface area contributed by atoms with Gasteiger partial charge in [-0.1, -0.05) is 25.4 Å². The average Bonchev–Trinajstić information content (AvgIpc) is 2.97. The predicted octanol–water partition coefficient (Wildman–Crippen LogP) is 1.99. The monoisotopic (exact) mass is 444 g/mol. The Labute approximate surface area is 176 Å². The van der Waals surface area contributed by atoms with E-state index in [1.54, 1.807) is 16.2 Å². The highest BCUT2D eigenvalue weighted by Gasteiger charge is 2.23. The Morgan fingerprint density at radius 1 is 1.23 bits per heavy atom. The minimum Gasteiger partial charge on any atom is -0.346 e. The summed E-state index contributed by atoms with van der Waals surface area (Å²) in [5.74, 6) is -0.279. The van der Waals surface area contributed by atoms with Crippen LogP contribution in [0.2, 0.25) is 4.34 Å². The Morgan fingerprint density at radius 3 is 2.35 bits per heavy atom. The molecule has 2 heterocycles. The number of hydrogen-bond acceptors (Lipinski definition) is 5. The molecule has 1 saturated heterocycles. The van der Waals surface area contributed by atoms with E-state index in [4.69, 9.17) is 17.3 Å². The third-order valence-electron chi connectivity index (χ3n) is 4.17. The number of carbonyl (C=O) groups is 2. The molecule has 0 bridgehead atoms. The summed E-state index contributed by atoms with van der Waals surface area (Å²) in [6.07, 6.45) is 0. The van der Waals surface area contributed by atoms with Crippen molar-refractivity contribution in [2.45, 2.75) is 26.4 Å². The van der Waals surface area contributed by atoms with Gasteiger partial charge in [-0.25, -0.2) is 0 Å². The van der Waals surface area contributed by atoms with Crippen molar-refractivity contribution in [3.05, 3.63) is 21.3 Å². The SMILES string of the molecule is CC(C)[C@H](N)C(=O)NCC(=O)N1CCN(Cc2ccc(Cl)s2)CC1.Cl.Cl. The molecule has 0 aliphatic carbocycles. The van der Waals surface area contributed by atoms with Gasteiger partial charge >= 0.3 is 0 Å². The van der Waals surface area contributed by atoms with Gasteiger partial charge in [-0.2, -0.15) is 0 Å². The van der Waals surface area contributed by atoms with E-state index in [0.29, 0.717) is 13.1 Å². The van der Waals surface area contributed by atoms with E-state index in [0.717, 1.165) is 24.0 Å². The van der Waals surface area contributed by atoms with Crippen molar-refractivity contribution in [3.63, 3.8) is 0 Å². The number of rotatable bonds is 6. The van der Waals surface area contributed by atoms with Crippen LogP contribution in [-0.2, 0) is 16.1 Å². The van der Waals surface area contributed by atoms with E-state index in [9.17, 15) is 9.59 Å². The lowest BCUT2D eigenvalue weighted by atomic mass is 10.1. The van der Waals surface area contributed by atoms with Gasteiger partial charge in [0.05, 0.1) is 16.9 Å². The van der Waals surface area contributed by atoms with Crippen LogP contribution in [0.25, 0.3) is 0 Å². The van der Waals surface area contributed by atoms with E-state index in [2.05, 4.69) is 10.2 Å². The van der Waals surface area contributed by atoms with Crippen LogP contribution in [-0.4, -0.2) is 60.4 Å². The van der Waals surface area contributed by atoms with Gasteiger partial charge < -0.3 is 16.0 Å². The van der Waals surface area contributed by atoms with Crippen molar-refractivity contribution in [1.29, 1.82) is 0 Å². The molecule has 1 aliphatic rings. The van der Waals surface area contributed by atoms with E-state index < -0.39 is 6.04 Å². The highest BCUT2D eigenvalue weighted by Crippen LogP contribution is 2.23. The van der Waals surface area contributed by atoms with Crippen LogP contribution in [0.1, 0.15) is 18.7 Å². The first-order chi connectivity index (χ1) is 11.4. The summed E-state index contributed by atoms with van der Waals surface area (Å²) >= 11 is 7.54. The fourth-order valence-electron chi connectivity index (χ4n) is 2.51. The van der Waals surface area contributed by atoms with Gasteiger partial charge in [-0.05, 0) is 18.1 Å². The zero-order valence-corrected chi connectivity index (χ0v) is 18.1. The Kier molecular flexibility index (Phi) is 11.7. The summed E-state index contributed by atoms with van der Waals surface area (Å²) in [5.41, 5.74) is 5.77. The molecule has 1 fully saturated rings. The maximum atomic E-state index is 12.2. The van der Waals surface area contributed by atoms with Crippen molar-refractivity contribution in [1.82, 2.24) is 15.1 Å². The van der Waals surface area contributed by atoms with Crippen LogP contribution in [0.15, 0.2) is 12.1 Å². The number of thiophene rings is 1. The molecule has 0 aromatic carbocycles. The number of amides is 2. The largest absolute Gasteiger partial charge is 0.346 e. The summed E-state index contributed by atoms with van der Waals surface area (Å²) in [5, 5.41) is 2.63. The maximum Gasteiger partial charge on any atom is 0.242 e.